The van der Waals surface area contributed by atoms with Crippen molar-refractivity contribution >= 4 is 11.9 Å². The second-order valence-electron chi connectivity index (χ2n) is 17.2. The van der Waals surface area contributed by atoms with Gasteiger partial charge in [-0.15, -0.1) is 0 Å². The van der Waals surface area contributed by atoms with Gasteiger partial charge >= 0.3 is 5.97 Å². The summed E-state index contributed by atoms with van der Waals surface area (Å²) in [6.07, 6.45) is 41.8. The Balaban J connectivity index is 2.20. The molecular formula is C52H91NO10. The second-order valence-corrected chi connectivity index (χ2v) is 17.2. The van der Waals surface area contributed by atoms with Crippen LogP contribution in [0.2, 0.25) is 0 Å². The van der Waals surface area contributed by atoms with E-state index in [1.165, 1.54) is 77.0 Å². The van der Waals surface area contributed by atoms with E-state index < -0.39 is 49.5 Å². The van der Waals surface area contributed by atoms with Gasteiger partial charge in [0.1, 0.15) is 24.4 Å². The van der Waals surface area contributed by atoms with Gasteiger partial charge in [0.15, 0.2) is 6.29 Å². The van der Waals surface area contributed by atoms with Crippen molar-refractivity contribution in [2.45, 2.75) is 236 Å². The van der Waals surface area contributed by atoms with Crippen molar-refractivity contribution in [1.82, 2.24) is 5.32 Å². The summed E-state index contributed by atoms with van der Waals surface area (Å²) in [7, 11) is 0. The number of nitrogens with one attached hydrogen (secondary N) is 1. The van der Waals surface area contributed by atoms with Gasteiger partial charge < -0.3 is 45.1 Å². The molecule has 0 aromatic carbocycles. The number of carbonyl (C=O) groups is 2. The van der Waals surface area contributed by atoms with Crippen molar-refractivity contribution in [2.24, 2.45) is 0 Å². The molecule has 0 spiro atoms. The molecule has 0 aliphatic carbocycles. The molecule has 63 heavy (non-hydrogen) atoms. The fraction of sp³-hybridized carbons (Fsp3) is 0.769. The first-order valence-electron chi connectivity index (χ1n) is 25.1. The molecule has 11 heteroatoms. The van der Waals surface area contributed by atoms with Gasteiger partial charge in [0.2, 0.25) is 5.91 Å². The predicted octanol–water partition coefficient (Wildman–Crippen LogP) is 9.94. The average molecular weight is 890 g/mol. The van der Waals surface area contributed by atoms with E-state index in [9.17, 15) is 35.1 Å². The lowest BCUT2D eigenvalue weighted by atomic mass is 9.99. The van der Waals surface area contributed by atoms with Crippen LogP contribution in [0.3, 0.4) is 0 Å². The molecule has 1 amide bonds. The minimum absolute atomic E-state index is 0.0563. The molecule has 0 saturated carbocycles. The van der Waals surface area contributed by atoms with Crippen LogP contribution in [0.25, 0.3) is 0 Å². The van der Waals surface area contributed by atoms with Gasteiger partial charge in [-0.2, -0.15) is 0 Å². The normalized spacial score (nSPS) is 20.5. The summed E-state index contributed by atoms with van der Waals surface area (Å²) in [6, 6.07) is -0.854. The van der Waals surface area contributed by atoms with E-state index in [4.69, 9.17) is 14.2 Å². The SMILES string of the molecule is CCC/C=C\C/C=C\CCCCCCCC(=O)OCCCCCCCC/C=C\C/C=C\CCC(=O)NC(COC1OC(CO)C(O)C(O)C1O)C(O)/C=C/CCCCCCCCC. The number of aliphatic hydroxyl groups excluding tert-OH is 5. The number of amides is 1. The van der Waals surface area contributed by atoms with E-state index in [0.29, 0.717) is 19.4 Å². The van der Waals surface area contributed by atoms with E-state index in [0.717, 1.165) is 83.5 Å². The lowest BCUT2D eigenvalue weighted by Gasteiger charge is -2.40. The van der Waals surface area contributed by atoms with Crippen LogP contribution in [0.5, 0.6) is 0 Å². The Kier molecular flexibility index (Phi) is 38.9. The highest BCUT2D eigenvalue weighted by atomic mass is 16.7. The summed E-state index contributed by atoms with van der Waals surface area (Å²) < 4.78 is 16.6. The van der Waals surface area contributed by atoms with Crippen molar-refractivity contribution < 1.29 is 49.3 Å². The first kappa shape index (κ1) is 58.4. The molecule has 7 unspecified atom stereocenters. The maximum Gasteiger partial charge on any atom is 0.305 e. The van der Waals surface area contributed by atoms with Crippen LogP contribution in [-0.2, 0) is 23.8 Å². The van der Waals surface area contributed by atoms with Gasteiger partial charge in [-0.3, -0.25) is 9.59 Å². The van der Waals surface area contributed by atoms with Crippen molar-refractivity contribution in [3.05, 3.63) is 60.8 Å². The Labute approximate surface area is 382 Å². The van der Waals surface area contributed by atoms with Gasteiger partial charge in [0.25, 0.3) is 0 Å². The number of ether oxygens (including phenoxy) is 3. The van der Waals surface area contributed by atoms with Crippen LogP contribution in [-0.4, -0.2) is 100 Å². The highest BCUT2D eigenvalue weighted by molar-refractivity contribution is 5.76. The molecule has 1 heterocycles. The summed E-state index contributed by atoms with van der Waals surface area (Å²) in [5, 5.41) is 54.0. The Hall–Kier alpha value is -2.64. The molecule has 0 aromatic heterocycles. The van der Waals surface area contributed by atoms with Crippen molar-refractivity contribution in [2.75, 3.05) is 19.8 Å². The van der Waals surface area contributed by atoms with E-state index in [2.05, 4.69) is 55.6 Å². The quantitative estimate of drug-likeness (QED) is 0.0197. The minimum atomic E-state index is -1.59. The topological polar surface area (TPSA) is 175 Å². The number of unbranched alkanes of at least 4 members (excludes halogenated alkanes) is 19. The van der Waals surface area contributed by atoms with Crippen LogP contribution >= 0.6 is 0 Å². The lowest BCUT2D eigenvalue weighted by Crippen LogP contribution is -2.60. The number of allylic oxidation sites excluding steroid dienone is 9. The molecule has 364 valence electrons. The van der Waals surface area contributed by atoms with Crippen LogP contribution in [0.15, 0.2) is 60.8 Å². The molecule has 0 bridgehead atoms. The fourth-order valence-corrected chi connectivity index (χ4v) is 7.28. The van der Waals surface area contributed by atoms with Crippen molar-refractivity contribution in [1.29, 1.82) is 0 Å². The summed E-state index contributed by atoms with van der Waals surface area (Å²) in [5.74, 6) is -0.324. The van der Waals surface area contributed by atoms with E-state index in [-0.39, 0.29) is 24.9 Å². The molecule has 1 rings (SSSR count). The van der Waals surface area contributed by atoms with Gasteiger partial charge in [0.05, 0.1) is 32.0 Å². The zero-order chi connectivity index (χ0) is 46.0. The molecule has 1 aliphatic heterocycles. The first-order valence-corrected chi connectivity index (χ1v) is 25.1. The smallest absolute Gasteiger partial charge is 0.305 e. The molecule has 11 nitrogen and oxygen atoms in total. The Morgan fingerprint density at radius 3 is 1.70 bits per heavy atom. The number of hydrogen-bond acceptors (Lipinski definition) is 10. The number of esters is 1. The molecular weight excluding hydrogens is 799 g/mol. The number of carbonyl (C=O) groups excluding carboxylic acids is 2. The maximum absolute atomic E-state index is 12.9. The largest absolute Gasteiger partial charge is 0.466 e. The third-order valence-corrected chi connectivity index (χ3v) is 11.3. The predicted molar refractivity (Wildman–Crippen MR) is 255 cm³/mol. The third kappa shape index (κ3) is 32.6. The molecule has 0 radical (unpaired) electrons. The Morgan fingerprint density at radius 1 is 0.587 bits per heavy atom. The number of rotatable bonds is 41. The molecule has 7 atom stereocenters. The van der Waals surface area contributed by atoms with Crippen molar-refractivity contribution in [3.63, 3.8) is 0 Å². The van der Waals surface area contributed by atoms with E-state index in [1.54, 1.807) is 6.08 Å². The summed E-state index contributed by atoms with van der Waals surface area (Å²) in [4.78, 5) is 24.9. The number of aliphatic hydroxyl groups is 5. The van der Waals surface area contributed by atoms with Crippen LogP contribution < -0.4 is 5.32 Å². The van der Waals surface area contributed by atoms with E-state index >= 15 is 0 Å². The van der Waals surface area contributed by atoms with Crippen LogP contribution in [0, 0.1) is 0 Å². The fourth-order valence-electron chi connectivity index (χ4n) is 7.28. The minimum Gasteiger partial charge on any atom is -0.466 e. The average Bonchev–Trinajstić information content (AvgIpc) is 3.28. The zero-order valence-electron chi connectivity index (χ0n) is 39.5. The molecule has 1 saturated heterocycles. The Bertz CT molecular complexity index is 1230. The monoisotopic (exact) mass is 890 g/mol. The lowest BCUT2D eigenvalue weighted by molar-refractivity contribution is -0.302. The second kappa shape index (κ2) is 42.0. The Morgan fingerprint density at radius 2 is 1.11 bits per heavy atom. The summed E-state index contributed by atoms with van der Waals surface area (Å²) in [6.45, 7) is 4.12. The molecule has 0 aromatic rings. The third-order valence-electron chi connectivity index (χ3n) is 11.3. The van der Waals surface area contributed by atoms with Gasteiger partial charge in [-0.25, -0.2) is 0 Å². The molecule has 6 N–H and O–H groups in total. The van der Waals surface area contributed by atoms with Gasteiger partial charge in [-0.05, 0) is 77.0 Å². The summed E-state index contributed by atoms with van der Waals surface area (Å²) in [5.41, 5.74) is 0. The van der Waals surface area contributed by atoms with E-state index in [1.807, 2.05) is 18.2 Å². The standard InChI is InChI=1S/C52H91NO10/c1-3-5-7-9-11-13-14-16-20-24-28-32-36-40-48(57)61-41-37-33-29-25-21-18-15-17-19-23-27-31-35-39-47(56)53-44(45(55)38-34-30-26-22-12-10-8-6-4-2)43-62-52-51(60)50(59)49(58)46(42-54)63-52/h7,9,13-14,17,19,27,31,34,38,44-46,49-52,54-55,58-60H,3-6,8,10-12,15-16,18,20-26,28-30,32-33,35-37,39-43H2,1-2H3,(H,53,56)/b9-7-,14-13-,19-17-,31-27-,38-34+. The molecule has 1 aliphatic rings. The number of hydrogen-bond donors (Lipinski definition) is 6. The van der Waals surface area contributed by atoms with Crippen LogP contribution in [0.1, 0.15) is 194 Å². The highest BCUT2D eigenvalue weighted by Gasteiger charge is 2.44. The first-order chi connectivity index (χ1) is 30.7. The van der Waals surface area contributed by atoms with Gasteiger partial charge in [-0.1, -0.05) is 164 Å². The highest BCUT2D eigenvalue weighted by Crippen LogP contribution is 2.22. The van der Waals surface area contributed by atoms with Gasteiger partial charge in [0, 0.05) is 12.8 Å². The van der Waals surface area contributed by atoms with Crippen molar-refractivity contribution in [3.8, 4) is 0 Å². The zero-order valence-corrected chi connectivity index (χ0v) is 39.5. The summed E-state index contributed by atoms with van der Waals surface area (Å²) >= 11 is 0. The molecule has 1 fully saturated rings. The maximum atomic E-state index is 12.9. The van der Waals surface area contributed by atoms with Crippen LogP contribution in [0.4, 0.5) is 0 Å².